The summed E-state index contributed by atoms with van der Waals surface area (Å²) in [6.45, 7) is 5.86. The van der Waals surface area contributed by atoms with E-state index in [0.717, 1.165) is 57.3 Å². The average Bonchev–Trinajstić information content (AvgIpc) is 3.04. The lowest BCUT2D eigenvalue weighted by Crippen LogP contribution is -2.29. The molecule has 1 unspecified atom stereocenters. The molecule has 0 aliphatic carbocycles. The Bertz CT molecular complexity index is 912. The van der Waals surface area contributed by atoms with Crippen LogP contribution in [0.2, 0.25) is 0 Å². The molecule has 0 aromatic rings. The molecule has 0 saturated carbocycles. The van der Waals surface area contributed by atoms with Gasteiger partial charge in [0.05, 0.1) is 6.61 Å². The first kappa shape index (κ1) is 46.2. The second-order valence-electron chi connectivity index (χ2n) is 13.2. The van der Waals surface area contributed by atoms with Crippen LogP contribution in [0.1, 0.15) is 175 Å². The van der Waals surface area contributed by atoms with Crippen molar-refractivity contribution < 1.29 is 42.7 Å². The van der Waals surface area contributed by atoms with E-state index in [1.807, 2.05) is 6.08 Å². The number of hydrogen-bond donors (Lipinski definition) is 2. The SMILES string of the molecule is CCCCC/C=C\C=C\C(=O)CCCCCCCC(=O)O[C@H](COC(=O)CCCCCCCCCCCCC(C)CC)COP(=O)(O)O. The zero-order chi connectivity index (χ0) is 35.7. The van der Waals surface area contributed by atoms with Crippen molar-refractivity contribution in [1.82, 2.24) is 0 Å². The molecule has 9 nitrogen and oxygen atoms in total. The highest BCUT2D eigenvalue weighted by Crippen LogP contribution is 2.36. The molecular formula is C38H69O9P. The van der Waals surface area contributed by atoms with Gasteiger partial charge in [-0.3, -0.25) is 18.9 Å². The lowest BCUT2D eigenvalue weighted by molar-refractivity contribution is -0.161. The Balaban J connectivity index is 4.06. The highest BCUT2D eigenvalue weighted by molar-refractivity contribution is 7.46. The number of hydrogen-bond acceptors (Lipinski definition) is 7. The lowest BCUT2D eigenvalue weighted by Gasteiger charge is -2.18. The molecule has 0 saturated heterocycles. The van der Waals surface area contributed by atoms with Gasteiger partial charge in [0.25, 0.3) is 0 Å². The van der Waals surface area contributed by atoms with Gasteiger partial charge in [-0.15, -0.1) is 0 Å². The predicted octanol–water partition coefficient (Wildman–Crippen LogP) is 10.3. The van der Waals surface area contributed by atoms with Crippen LogP contribution in [0.3, 0.4) is 0 Å². The van der Waals surface area contributed by atoms with Crippen LogP contribution in [0.4, 0.5) is 0 Å². The fraction of sp³-hybridized carbons (Fsp3) is 0.816. The van der Waals surface area contributed by atoms with Gasteiger partial charge >= 0.3 is 19.8 Å². The zero-order valence-electron chi connectivity index (χ0n) is 30.5. The maximum atomic E-state index is 12.3. The van der Waals surface area contributed by atoms with Crippen molar-refractivity contribution in [3.8, 4) is 0 Å². The molecule has 10 heteroatoms. The number of carbonyl (C=O) groups is 3. The van der Waals surface area contributed by atoms with Gasteiger partial charge in [-0.2, -0.15) is 0 Å². The highest BCUT2D eigenvalue weighted by Gasteiger charge is 2.22. The molecule has 0 bridgehead atoms. The first-order valence-electron chi connectivity index (χ1n) is 19.0. The summed E-state index contributed by atoms with van der Waals surface area (Å²) in [5.74, 6) is -0.0202. The van der Waals surface area contributed by atoms with Crippen LogP contribution in [0.25, 0.3) is 0 Å². The Morgan fingerprint density at radius 1 is 0.667 bits per heavy atom. The number of phosphoric acid groups is 1. The van der Waals surface area contributed by atoms with Gasteiger partial charge in [0, 0.05) is 19.3 Å². The van der Waals surface area contributed by atoms with E-state index >= 15 is 0 Å². The van der Waals surface area contributed by atoms with Crippen LogP contribution < -0.4 is 0 Å². The van der Waals surface area contributed by atoms with Gasteiger partial charge in [0.2, 0.25) is 0 Å². The van der Waals surface area contributed by atoms with E-state index in [2.05, 4.69) is 31.4 Å². The molecule has 2 N–H and O–H groups in total. The summed E-state index contributed by atoms with van der Waals surface area (Å²) in [5.41, 5.74) is 0. The number of unbranched alkanes of at least 4 members (excludes halogenated alkanes) is 16. The molecule has 0 amide bonds. The third-order valence-corrected chi connectivity index (χ3v) is 8.97. The fourth-order valence-electron chi connectivity index (χ4n) is 5.21. The molecule has 0 heterocycles. The minimum Gasteiger partial charge on any atom is -0.462 e. The van der Waals surface area contributed by atoms with Gasteiger partial charge < -0.3 is 19.3 Å². The molecule has 0 radical (unpaired) electrons. The van der Waals surface area contributed by atoms with Gasteiger partial charge in [-0.1, -0.05) is 142 Å². The number of phosphoric ester groups is 1. The van der Waals surface area contributed by atoms with E-state index in [9.17, 15) is 18.9 Å². The molecule has 0 aromatic heterocycles. The lowest BCUT2D eigenvalue weighted by atomic mass is 9.99. The molecule has 0 aliphatic rings. The van der Waals surface area contributed by atoms with E-state index < -0.39 is 32.5 Å². The number of ether oxygens (including phenoxy) is 2. The molecule has 48 heavy (non-hydrogen) atoms. The van der Waals surface area contributed by atoms with Crippen molar-refractivity contribution in [3.63, 3.8) is 0 Å². The van der Waals surface area contributed by atoms with Crippen LogP contribution in [0.5, 0.6) is 0 Å². The number of esters is 2. The minimum atomic E-state index is -4.78. The van der Waals surface area contributed by atoms with Crippen molar-refractivity contribution in [3.05, 3.63) is 24.3 Å². The number of ketones is 1. The van der Waals surface area contributed by atoms with E-state index in [4.69, 9.17) is 19.3 Å². The van der Waals surface area contributed by atoms with Crippen LogP contribution >= 0.6 is 7.82 Å². The Morgan fingerprint density at radius 2 is 1.21 bits per heavy atom. The third-order valence-electron chi connectivity index (χ3n) is 8.49. The first-order chi connectivity index (χ1) is 23.1. The molecule has 2 atom stereocenters. The molecule has 0 aliphatic heterocycles. The Morgan fingerprint density at radius 3 is 1.77 bits per heavy atom. The quantitative estimate of drug-likeness (QED) is 0.0221. The van der Waals surface area contributed by atoms with Crippen LogP contribution in [0, 0.1) is 5.92 Å². The van der Waals surface area contributed by atoms with E-state index in [0.29, 0.717) is 19.3 Å². The van der Waals surface area contributed by atoms with E-state index in [1.165, 1.54) is 70.6 Å². The monoisotopic (exact) mass is 700 g/mol. The van der Waals surface area contributed by atoms with Gasteiger partial charge in [0.1, 0.15) is 6.61 Å². The van der Waals surface area contributed by atoms with Gasteiger partial charge in [-0.25, -0.2) is 4.57 Å². The van der Waals surface area contributed by atoms with Crippen molar-refractivity contribution in [2.75, 3.05) is 13.2 Å². The van der Waals surface area contributed by atoms with Crippen molar-refractivity contribution in [2.45, 2.75) is 181 Å². The molecule has 0 rings (SSSR count). The number of rotatable bonds is 34. The Hall–Kier alpha value is -1.80. The van der Waals surface area contributed by atoms with E-state index in [-0.39, 0.29) is 25.2 Å². The van der Waals surface area contributed by atoms with Gasteiger partial charge in [0.15, 0.2) is 11.9 Å². The van der Waals surface area contributed by atoms with Crippen LogP contribution in [-0.2, 0) is 32.9 Å². The van der Waals surface area contributed by atoms with Gasteiger partial charge in [-0.05, 0) is 44.1 Å². The minimum absolute atomic E-state index is 0.111. The summed E-state index contributed by atoms with van der Waals surface area (Å²) in [6, 6.07) is 0. The van der Waals surface area contributed by atoms with Crippen LogP contribution in [-0.4, -0.2) is 46.8 Å². The second kappa shape index (κ2) is 32.4. The summed E-state index contributed by atoms with van der Waals surface area (Å²) in [7, 11) is -4.78. The normalized spacial score (nSPS) is 13.3. The summed E-state index contributed by atoms with van der Waals surface area (Å²) in [5, 5.41) is 0. The summed E-state index contributed by atoms with van der Waals surface area (Å²) >= 11 is 0. The first-order valence-corrected chi connectivity index (χ1v) is 20.5. The molecule has 0 fully saturated rings. The Labute approximate surface area is 292 Å². The number of allylic oxidation sites excluding steroid dienone is 4. The van der Waals surface area contributed by atoms with Crippen molar-refractivity contribution in [1.29, 1.82) is 0 Å². The average molecular weight is 701 g/mol. The molecule has 0 spiro atoms. The summed E-state index contributed by atoms with van der Waals surface area (Å²) in [4.78, 5) is 54.6. The van der Waals surface area contributed by atoms with E-state index in [1.54, 1.807) is 12.2 Å². The second-order valence-corrected chi connectivity index (χ2v) is 14.4. The molecule has 280 valence electrons. The van der Waals surface area contributed by atoms with Crippen molar-refractivity contribution >= 4 is 25.5 Å². The summed E-state index contributed by atoms with van der Waals surface area (Å²) in [6.07, 6.45) is 30.0. The molecular weight excluding hydrogens is 631 g/mol. The predicted molar refractivity (Wildman–Crippen MR) is 193 cm³/mol. The van der Waals surface area contributed by atoms with Crippen LogP contribution in [0.15, 0.2) is 24.3 Å². The topological polar surface area (TPSA) is 136 Å². The maximum absolute atomic E-state index is 12.3. The smallest absolute Gasteiger partial charge is 0.462 e. The largest absolute Gasteiger partial charge is 0.469 e. The molecule has 0 aromatic carbocycles. The highest BCUT2D eigenvalue weighted by atomic mass is 31.2. The third kappa shape index (κ3) is 34.1. The number of carbonyl (C=O) groups excluding carboxylic acids is 3. The zero-order valence-corrected chi connectivity index (χ0v) is 31.4. The Kier molecular flexibility index (Phi) is 31.2. The fourth-order valence-corrected chi connectivity index (χ4v) is 5.57. The standard InChI is InChI=1S/C38H69O9P/c1-4-6-7-8-13-18-23-28-35(39)29-24-19-16-21-26-31-38(41)47-36(33-46-48(42,43)44)32-45-37(40)30-25-20-15-12-10-9-11-14-17-22-27-34(3)5-2/h13,18,23,28,34,36H,4-12,14-17,19-22,24-27,29-33H2,1-3H3,(H2,42,43,44)/b18-13-,28-23+/t34?,36-/m1/s1. The van der Waals surface area contributed by atoms with Crippen molar-refractivity contribution in [2.24, 2.45) is 5.92 Å². The summed E-state index contributed by atoms with van der Waals surface area (Å²) < 4.78 is 26.2. The maximum Gasteiger partial charge on any atom is 0.469 e.